The number of carbonyl (C=O) groups excluding carboxylic acids is 1. The van der Waals surface area contributed by atoms with Crippen LogP contribution in [0, 0.1) is 13.8 Å². The summed E-state index contributed by atoms with van der Waals surface area (Å²) in [7, 11) is 0. The van der Waals surface area contributed by atoms with Gasteiger partial charge in [-0.2, -0.15) is 5.10 Å². The summed E-state index contributed by atoms with van der Waals surface area (Å²) in [6, 6.07) is 12.8. The van der Waals surface area contributed by atoms with Gasteiger partial charge in [-0.15, -0.1) is 0 Å². The van der Waals surface area contributed by atoms with Crippen LogP contribution in [-0.2, 0) is 11.2 Å². The van der Waals surface area contributed by atoms with Crippen molar-refractivity contribution in [2.75, 3.05) is 6.54 Å². The van der Waals surface area contributed by atoms with E-state index in [1.807, 2.05) is 57.9 Å². The van der Waals surface area contributed by atoms with Gasteiger partial charge in [0.2, 0.25) is 0 Å². The van der Waals surface area contributed by atoms with Crippen molar-refractivity contribution in [3.05, 3.63) is 96.0 Å². The van der Waals surface area contributed by atoms with E-state index in [9.17, 15) is 4.79 Å². The van der Waals surface area contributed by atoms with E-state index in [0.29, 0.717) is 6.42 Å². The molecule has 0 saturated heterocycles. The van der Waals surface area contributed by atoms with Crippen LogP contribution in [0.25, 0.3) is 16.9 Å². The molecular formula is C33H46N4O. The Labute approximate surface area is 230 Å². The Balaban J connectivity index is 0.000000360. The number of allylic oxidation sites excluding steroid dienone is 4. The highest BCUT2D eigenvalue weighted by molar-refractivity contribution is 5.99. The Morgan fingerprint density at radius 1 is 1.05 bits per heavy atom. The van der Waals surface area contributed by atoms with Crippen LogP contribution in [0.1, 0.15) is 71.7 Å². The first-order valence-corrected chi connectivity index (χ1v) is 13.5. The van der Waals surface area contributed by atoms with Crippen molar-refractivity contribution in [2.24, 2.45) is 5.10 Å². The minimum absolute atomic E-state index is 0.131. The third-order valence-electron chi connectivity index (χ3n) is 5.62. The highest BCUT2D eigenvalue weighted by atomic mass is 16.1. The first-order chi connectivity index (χ1) is 18.2. The maximum atomic E-state index is 11.0. The zero-order chi connectivity index (χ0) is 28.7. The van der Waals surface area contributed by atoms with Gasteiger partial charge >= 0.3 is 0 Å². The lowest BCUT2D eigenvalue weighted by Crippen LogP contribution is -2.17. The van der Waals surface area contributed by atoms with Crippen LogP contribution in [0.4, 0.5) is 0 Å². The molecule has 204 valence electrons. The number of carbonyl (C=O) groups is 1. The Bertz CT molecular complexity index is 1260. The van der Waals surface area contributed by atoms with Crippen molar-refractivity contribution in [3.63, 3.8) is 0 Å². The van der Waals surface area contributed by atoms with Crippen molar-refractivity contribution < 1.29 is 4.79 Å². The van der Waals surface area contributed by atoms with Crippen LogP contribution in [0.5, 0.6) is 0 Å². The number of hydrazone groups is 1. The predicted octanol–water partition coefficient (Wildman–Crippen LogP) is 8.52. The lowest BCUT2D eigenvalue weighted by Gasteiger charge is -2.19. The van der Waals surface area contributed by atoms with Crippen LogP contribution < -0.4 is 0 Å². The maximum absolute atomic E-state index is 11.0. The van der Waals surface area contributed by atoms with Gasteiger partial charge in [0.15, 0.2) is 0 Å². The van der Waals surface area contributed by atoms with Gasteiger partial charge < -0.3 is 4.40 Å². The number of imidazole rings is 1. The second kappa shape index (κ2) is 16.9. The van der Waals surface area contributed by atoms with E-state index in [2.05, 4.69) is 79.4 Å². The van der Waals surface area contributed by atoms with Crippen molar-refractivity contribution >= 4 is 17.1 Å². The van der Waals surface area contributed by atoms with Crippen molar-refractivity contribution in [3.8, 4) is 11.3 Å². The molecule has 0 N–H and O–H groups in total. The number of nitrogens with zero attached hydrogens (tertiary/aromatic N) is 4. The molecule has 0 atom stereocenters. The normalized spacial score (nSPS) is 11.5. The number of pyridine rings is 1. The van der Waals surface area contributed by atoms with Crippen LogP contribution in [0.15, 0.2) is 84.3 Å². The van der Waals surface area contributed by atoms with Crippen LogP contribution in [0.3, 0.4) is 0 Å². The molecule has 2 aromatic heterocycles. The molecule has 5 heteroatoms. The van der Waals surface area contributed by atoms with Crippen LogP contribution in [-0.4, -0.2) is 32.4 Å². The van der Waals surface area contributed by atoms with Crippen LogP contribution >= 0.6 is 0 Å². The molecule has 0 unspecified atom stereocenters. The standard InChI is InChI=1S/C17H18N2.C14H22N2O.C2H6/c1-4-15-17(14-8-5-12(2)6-9-14)18-16-10-7-13(3)11-19(15)16;1-6-9-10-14(7-2)16(8-3)15-12(4)11-13(5)17;1-2/h5-11H,4H2,1-3H3;6-7,9-10H,1,8,11H2,2-5H3;1-2H3/b;10-9-,14-7+,15-12-;. The van der Waals surface area contributed by atoms with Gasteiger partial charge in [-0.05, 0) is 65.7 Å². The Kier molecular flexibility index (Phi) is 14.4. The molecule has 0 bridgehead atoms. The first kappa shape index (κ1) is 32.3. The predicted molar refractivity (Wildman–Crippen MR) is 165 cm³/mol. The highest BCUT2D eigenvalue weighted by Gasteiger charge is 2.12. The average molecular weight is 515 g/mol. The quantitative estimate of drug-likeness (QED) is 0.163. The van der Waals surface area contributed by atoms with E-state index in [1.165, 1.54) is 22.4 Å². The number of likely N-dealkylation sites (N-methyl/N-ethyl adjacent to an activating group) is 1. The lowest BCUT2D eigenvalue weighted by molar-refractivity contribution is -0.115. The average Bonchev–Trinajstić information content (AvgIpc) is 3.27. The van der Waals surface area contributed by atoms with Gasteiger partial charge in [-0.1, -0.05) is 81.5 Å². The third kappa shape index (κ3) is 9.62. The van der Waals surface area contributed by atoms with Crippen molar-refractivity contribution in [1.82, 2.24) is 14.4 Å². The molecule has 3 aromatic rings. The zero-order valence-electron chi connectivity index (χ0n) is 24.9. The summed E-state index contributed by atoms with van der Waals surface area (Å²) in [4.78, 5) is 15.8. The molecule has 38 heavy (non-hydrogen) atoms. The number of rotatable bonds is 9. The van der Waals surface area contributed by atoms with Gasteiger partial charge in [0.1, 0.15) is 11.4 Å². The molecule has 2 heterocycles. The smallest absolute Gasteiger partial charge is 0.137 e. The topological polar surface area (TPSA) is 50.0 Å². The molecule has 0 spiro atoms. The Hall–Kier alpha value is -3.73. The minimum Gasteiger partial charge on any atom is -0.303 e. The van der Waals surface area contributed by atoms with Gasteiger partial charge in [-0.25, -0.2) is 4.98 Å². The number of ketones is 1. The molecule has 0 aliphatic heterocycles. The molecule has 0 fully saturated rings. The maximum Gasteiger partial charge on any atom is 0.137 e. The largest absolute Gasteiger partial charge is 0.303 e. The summed E-state index contributed by atoms with van der Waals surface area (Å²) in [5.41, 5.74) is 8.97. The monoisotopic (exact) mass is 514 g/mol. The lowest BCUT2D eigenvalue weighted by atomic mass is 10.1. The second-order valence-electron chi connectivity index (χ2n) is 8.80. The van der Waals surface area contributed by atoms with E-state index >= 15 is 0 Å². The fourth-order valence-corrected chi connectivity index (χ4v) is 3.89. The summed E-state index contributed by atoms with van der Waals surface area (Å²) >= 11 is 0. The number of hydrogen-bond acceptors (Lipinski definition) is 4. The zero-order valence-corrected chi connectivity index (χ0v) is 24.9. The van der Waals surface area contributed by atoms with Crippen molar-refractivity contribution in [2.45, 2.75) is 75.2 Å². The van der Waals surface area contributed by atoms with Gasteiger partial charge in [-0.3, -0.25) is 9.80 Å². The fraction of sp³-hybridized carbons (Fsp3) is 0.364. The number of aromatic nitrogens is 2. The number of benzene rings is 1. The third-order valence-corrected chi connectivity index (χ3v) is 5.62. The SMILES string of the molecule is C=C/C=C\C(=C/C)N(CC)/N=C(/C)CC(C)=O.CC.CCc1c(-c2ccc(C)cc2)nc2ccc(C)cn12. The molecule has 0 aliphatic carbocycles. The highest BCUT2D eigenvalue weighted by Crippen LogP contribution is 2.25. The number of fused-ring (bicyclic) bond motifs is 1. The van der Waals surface area contributed by atoms with E-state index in [4.69, 9.17) is 4.98 Å². The summed E-state index contributed by atoms with van der Waals surface area (Å²) in [5.74, 6) is 0.131. The number of aryl methyl sites for hydroxylation is 3. The molecule has 0 aliphatic rings. The van der Waals surface area contributed by atoms with E-state index in [1.54, 1.807) is 13.0 Å². The number of hydrogen-bond donors (Lipinski definition) is 0. The second-order valence-corrected chi connectivity index (χ2v) is 8.80. The Morgan fingerprint density at radius 2 is 1.68 bits per heavy atom. The fourth-order valence-electron chi connectivity index (χ4n) is 3.89. The van der Waals surface area contributed by atoms with Gasteiger partial charge in [0.05, 0.1) is 17.1 Å². The molecular weight excluding hydrogens is 468 g/mol. The van der Waals surface area contributed by atoms with E-state index in [0.717, 1.165) is 35.7 Å². The molecule has 0 saturated carbocycles. The summed E-state index contributed by atoms with van der Waals surface area (Å²) < 4.78 is 2.21. The molecule has 5 nitrogen and oxygen atoms in total. The van der Waals surface area contributed by atoms with E-state index < -0.39 is 0 Å². The van der Waals surface area contributed by atoms with E-state index in [-0.39, 0.29) is 5.78 Å². The molecule has 0 amide bonds. The molecule has 1 aromatic carbocycles. The number of Topliss-reactive ketones (excluding diaryl/α,β-unsaturated/α-hetero) is 1. The van der Waals surface area contributed by atoms with Gasteiger partial charge in [0.25, 0.3) is 0 Å². The summed E-state index contributed by atoms with van der Waals surface area (Å²) in [6.45, 7) is 22.2. The summed E-state index contributed by atoms with van der Waals surface area (Å²) in [5, 5.41) is 6.31. The summed E-state index contributed by atoms with van der Waals surface area (Å²) in [6.07, 6.45) is 11.1. The Morgan fingerprint density at radius 3 is 2.21 bits per heavy atom. The first-order valence-electron chi connectivity index (χ1n) is 13.5. The molecule has 3 rings (SSSR count). The minimum atomic E-state index is 0.131. The molecule has 0 radical (unpaired) electrons. The van der Waals surface area contributed by atoms with Crippen LogP contribution in [0.2, 0.25) is 0 Å². The van der Waals surface area contributed by atoms with Crippen molar-refractivity contribution in [1.29, 1.82) is 0 Å². The van der Waals surface area contributed by atoms with Gasteiger partial charge in [0, 0.05) is 30.4 Å².